The van der Waals surface area contributed by atoms with Crippen molar-refractivity contribution in [2.24, 2.45) is 17.8 Å². The molecule has 0 aliphatic heterocycles. The average Bonchev–Trinajstić information content (AvgIpc) is 2.54. The Morgan fingerprint density at radius 2 is 2.00 bits per heavy atom. The minimum atomic E-state index is -1.32. The minimum absolute atomic E-state index is 0.0419. The summed E-state index contributed by atoms with van der Waals surface area (Å²) >= 11 is 0. The van der Waals surface area contributed by atoms with Gasteiger partial charge < -0.3 is 9.84 Å². The van der Waals surface area contributed by atoms with Crippen molar-refractivity contribution in [3.05, 3.63) is 0 Å². The molecule has 1 saturated carbocycles. The Bertz CT molecular complexity index is 271. The van der Waals surface area contributed by atoms with E-state index in [1.807, 2.05) is 0 Å². The molecule has 0 spiro atoms. The Balaban J connectivity index is 2.64. The van der Waals surface area contributed by atoms with Crippen LogP contribution in [0.25, 0.3) is 0 Å². The monoisotopic (exact) mass is 256 g/mol. The molecule has 0 amide bonds. The number of hydrogen-bond acceptors (Lipinski definition) is 3. The van der Waals surface area contributed by atoms with Crippen molar-refractivity contribution in [3.8, 4) is 0 Å². The van der Waals surface area contributed by atoms with E-state index < -0.39 is 11.6 Å². The van der Waals surface area contributed by atoms with Crippen LogP contribution in [0, 0.1) is 17.8 Å². The smallest absolute Gasteiger partial charge is 0.338 e. The van der Waals surface area contributed by atoms with Gasteiger partial charge in [0, 0.05) is 0 Å². The molecule has 0 aromatic carbocycles. The summed E-state index contributed by atoms with van der Waals surface area (Å²) in [6.45, 7) is 8.24. The zero-order valence-electron chi connectivity index (χ0n) is 12.2. The molecule has 106 valence electrons. The van der Waals surface area contributed by atoms with Crippen LogP contribution in [0.15, 0.2) is 0 Å². The molecule has 0 saturated heterocycles. The van der Waals surface area contributed by atoms with E-state index >= 15 is 0 Å². The third kappa shape index (κ3) is 3.71. The van der Waals surface area contributed by atoms with Crippen molar-refractivity contribution in [1.29, 1.82) is 0 Å². The van der Waals surface area contributed by atoms with E-state index in [1.165, 1.54) is 6.42 Å². The van der Waals surface area contributed by atoms with E-state index in [4.69, 9.17) is 4.74 Å². The largest absolute Gasteiger partial charge is 0.464 e. The minimum Gasteiger partial charge on any atom is -0.464 e. The van der Waals surface area contributed by atoms with Crippen molar-refractivity contribution >= 4 is 5.97 Å². The van der Waals surface area contributed by atoms with Gasteiger partial charge in [0.2, 0.25) is 0 Å². The Kier molecular flexibility index (Phi) is 5.64. The molecule has 1 aliphatic carbocycles. The summed E-state index contributed by atoms with van der Waals surface area (Å²) in [5.74, 6) is 1.00. The molecule has 18 heavy (non-hydrogen) atoms. The highest BCUT2D eigenvalue weighted by atomic mass is 16.5. The molecule has 3 unspecified atom stereocenters. The summed E-state index contributed by atoms with van der Waals surface area (Å²) < 4.78 is 4.99. The van der Waals surface area contributed by atoms with E-state index in [1.54, 1.807) is 13.8 Å². The lowest BCUT2D eigenvalue weighted by Crippen LogP contribution is -2.44. The van der Waals surface area contributed by atoms with Crippen LogP contribution < -0.4 is 0 Å². The second-order valence-electron chi connectivity index (χ2n) is 6.08. The van der Waals surface area contributed by atoms with Crippen molar-refractivity contribution < 1.29 is 14.6 Å². The fourth-order valence-electron chi connectivity index (χ4n) is 3.00. The molecule has 3 nitrogen and oxygen atoms in total. The molecule has 0 bridgehead atoms. The number of carbonyl (C=O) groups is 1. The van der Waals surface area contributed by atoms with Crippen molar-refractivity contribution in [2.75, 3.05) is 6.61 Å². The number of esters is 1. The summed E-state index contributed by atoms with van der Waals surface area (Å²) in [6, 6.07) is 0. The van der Waals surface area contributed by atoms with E-state index in [-0.39, 0.29) is 5.92 Å². The van der Waals surface area contributed by atoms with Gasteiger partial charge in [-0.25, -0.2) is 4.79 Å². The quantitative estimate of drug-likeness (QED) is 0.621. The Labute approximate surface area is 111 Å². The maximum Gasteiger partial charge on any atom is 0.338 e. The standard InChI is InChI=1S/C15H28O3/c1-5-18-14(16)15(4,17)13-8-6-7-12(9-10-13)11(2)3/h11-13,17H,5-10H2,1-4H3. The van der Waals surface area contributed by atoms with Gasteiger partial charge in [-0.3, -0.25) is 0 Å². The van der Waals surface area contributed by atoms with E-state index in [2.05, 4.69) is 13.8 Å². The molecule has 3 heteroatoms. The predicted molar refractivity (Wildman–Crippen MR) is 72.2 cm³/mol. The summed E-state index contributed by atoms with van der Waals surface area (Å²) in [5, 5.41) is 10.4. The topological polar surface area (TPSA) is 46.5 Å². The lowest BCUT2D eigenvalue weighted by molar-refractivity contribution is -0.169. The second kappa shape index (κ2) is 6.55. The summed E-state index contributed by atoms with van der Waals surface area (Å²) in [7, 11) is 0. The molecule has 1 N–H and O–H groups in total. The molecule has 0 aromatic heterocycles. The van der Waals surface area contributed by atoms with Gasteiger partial charge in [0.1, 0.15) is 0 Å². The molecular formula is C15H28O3. The number of hydrogen-bond donors (Lipinski definition) is 1. The SMILES string of the molecule is CCOC(=O)C(C)(O)C1CCCC(C(C)C)CC1. The first-order valence-corrected chi connectivity index (χ1v) is 7.29. The number of rotatable bonds is 4. The van der Waals surface area contributed by atoms with Gasteiger partial charge in [0.15, 0.2) is 5.60 Å². The highest BCUT2D eigenvalue weighted by Gasteiger charge is 2.41. The number of carbonyl (C=O) groups excluding carboxylic acids is 1. The average molecular weight is 256 g/mol. The lowest BCUT2D eigenvalue weighted by Gasteiger charge is -2.30. The second-order valence-corrected chi connectivity index (χ2v) is 6.08. The maximum atomic E-state index is 11.8. The maximum absolute atomic E-state index is 11.8. The molecule has 3 atom stereocenters. The highest BCUT2D eigenvalue weighted by molar-refractivity contribution is 5.79. The van der Waals surface area contributed by atoms with Crippen molar-refractivity contribution in [2.45, 2.75) is 65.4 Å². The Morgan fingerprint density at radius 1 is 1.33 bits per heavy atom. The first kappa shape index (κ1) is 15.5. The fourth-order valence-corrected chi connectivity index (χ4v) is 3.00. The molecule has 0 heterocycles. The Morgan fingerprint density at radius 3 is 2.56 bits per heavy atom. The van der Waals surface area contributed by atoms with Gasteiger partial charge >= 0.3 is 5.97 Å². The van der Waals surface area contributed by atoms with E-state index in [9.17, 15) is 9.90 Å². The molecule has 1 rings (SSSR count). The van der Waals surface area contributed by atoms with Crippen LogP contribution in [-0.2, 0) is 9.53 Å². The number of ether oxygens (including phenoxy) is 1. The van der Waals surface area contributed by atoms with Gasteiger partial charge in [-0.2, -0.15) is 0 Å². The van der Waals surface area contributed by atoms with Crippen LogP contribution in [0.1, 0.15) is 59.8 Å². The van der Waals surface area contributed by atoms with E-state index in [0.717, 1.165) is 31.6 Å². The summed E-state index contributed by atoms with van der Waals surface area (Å²) in [6.07, 6.45) is 5.28. The zero-order chi connectivity index (χ0) is 13.8. The number of aliphatic hydroxyl groups is 1. The van der Waals surface area contributed by atoms with Gasteiger partial charge in [-0.15, -0.1) is 0 Å². The van der Waals surface area contributed by atoms with Crippen LogP contribution in [0.2, 0.25) is 0 Å². The fraction of sp³-hybridized carbons (Fsp3) is 0.933. The first-order valence-electron chi connectivity index (χ1n) is 7.29. The third-order valence-electron chi connectivity index (χ3n) is 4.44. The van der Waals surface area contributed by atoms with Gasteiger partial charge in [-0.1, -0.05) is 26.7 Å². The molecule has 1 fully saturated rings. The predicted octanol–water partition coefficient (Wildman–Crippen LogP) is 3.15. The van der Waals surface area contributed by atoms with Crippen LogP contribution in [0.3, 0.4) is 0 Å². The highest BCUT2D eigenvalue weighted by Crippen LogP contribution is 2.37. The van der Waals surface area contributed by atoms with Gasteiger partial charge in [0.25, 0.3) is 0 Å². The molecule has 0 radical (unpaired) electrons. The molecule has 1 aliphatic rings. The van der Waals surface area contributed by atoms with Crippen LogP contribution in [0.5, 0.6) is 0 Å². The molecular weight excluding hydrogens is 228 g/mol. The first-order chi connectivity index (χ1) is 8.39. The van der Waals surface area contributed by atoms with Gasteiger partial charge in [0.05, 0.1) is 6.61 Å². The van der Waals surface area contributed by atoms with Crippen molar-refractivity contribution in [1.82, 2.24) is 0 Å². The van der Waals surface area contributed by atoms with Gasteiger partial charge in [-0.05, 0) is 50.9 Å². The third-order valence-corrected chi connectivity index (χ3v) is 4.44. The van der Waals surface area contributed by atoms with Crippen LogP contribution in [-0.4, -0.2) is 23.3 Å². The van der Waals surface area contributed by atoms with Crippen molar-refractivity contribution in [3.63, 3.8) is 0 Å². The van der Waals surface area contributed by atoms with Crippen LogP contribution >= 0.6 is 0 Å². The van der Waals surface area contributed by atoms with Crippen LogP contribution in [0.4, 0.5) is 0 Å². The molecule has 0 aromatic rings. The lowest BCUT2D eigenvalue weighted by atomic mass is 9.82. The van der Waals surface area contributed by atoms with E-state index in [0.29, 0.717) is 12.5 Å². The normalized spacial score (nSPS) is 28.6. The Hall–Kier alpha value is -0.570. The zero-order valence-corrected chi connectivity index (χ0v) is 12.2. The summed E-state index contributed by atoms with van der Waals surface area (Å²) in [4.78, 5) is 11.8. The summed E-state index contributed by atoms with van der Waals surface area (Å²) in [5.41, 5.74) is -1.32.